The molecule has 2 heterocycles. The predicted octanol–water partition coefficient (Wildman–Crippen LogP) is 3.90. The molecule has 5 nitrogen and oxygen atoms in total. The zero-order valence-corrected chi connectivity index (χ0v) is 14.2. The first-order chi connectivity index (χ1) is 11.7. The molecule has 0 unspecified atom stereocenters. The van der Waals surface area contributed by atoms with Crippen LogP contribution in [0.5, 0.6) is 0 Å². The Kier molecular flexibility index (Phi) is 5.28. The van der Waals surface area contributed by atoms with E-state index in [1.807, 2.05) is 23.6 Å². The van der Waals surface area contributed by atoms with Crippen LogP contribution in [0.25, 0.3) is 0 Å². The maximum atomic E-state index is 11.9. The van der Waals surface area contributed by atoms with Crippen molar-refractivity contribution in [3.05, 3.63) is 65.1 Å². The Hall–Kier alpha value is -2.60. The number of benzene rings is 1. The van der Waals surface area contributed by atoms with Gasteiger partial charge in [0.2, 0.25) is 5.91 Å². The molecule has 0 aliphatic heterocycles. The highest BCUT2D eigenvalue weighted by Gasteiger charge is 2.08. The minimum Gasteiger partial charge on any atom is -0.467 e. The number of nitrogens with one attached hydrogen (secondary N) is 2. The third-order valence-electron chi connectivity index (χ3n) is 3.55. The van der Waals surface area contributed by atoms with E-state index in [1.54, 1.807) is 12.3 Å². The zero-order chi connectivity index (χ0) is 16.8. The average molecular weight is 341 g/mol. The molecule has 6 heteroatoms. The highest BCUT2D eigenvalue weighted by atomic mass is 32.1. The van der Waals surface area contributed by atoms with Crippen LogP contribution in [0.1, 0.15) is 23.9 Å². The summed E-state index contributed by atoms with van der Waals surface area (Å²) in [5.74, 6) is 0.662. The number of amides is 1. The molecule has 0 spiro atoms. The van der Waals surface area contributed by atoms with Crippen molar-refractivity contribution < 1.29 is 9.21 Å². The van der Waals surface area contributed by atoms with Gasteiger partial charge >= 0.3 is 0 Å². The lowest BCUT2D eigenvalue weighted by molar-refractivity contribution is -0.120. The molecule has 0 fully saturated rings. The first kappa shape index (κ1) is 16.3. The number of anilines is 2. The third-order valence-corrected chi connectivity index (χ3v) is 4.35. The Bertz CT molecular complexity index is 779. The number of thiazole rings is 1. The second-order valence-corrected chi connectivity index (χ2v) is 6.21. The minimum absolute atomic E-state index is 0.0736. The minimum atomic E-state index is -0.0736. The molecule has 2 aromatic heterocycles. The summed E-state index contributed by atoms with van der Waals surface area (Å²) < 4.78 is 5.18. The van der Waals surface area contributed by atoms with Crippen molar-refractivity contribution in [2.24, 2.45) is 0 Å². The number of hydrogen-bond donors (Lipinski definition) is 2. The number of carbonyl (C=O) groups excluding carboxylic acids is 1. The van der Waals surface area contributed by atoms with E-state index in [2.05, 4.69) is 34.7 Å². The van der Waals surface area contributed by atoms with E-state index in [1.165, 1.54) is 16.9 Å². The van der Waals surface area contributed by atoms with E-state index >= 15 is 0 Å². The number of nitrogens with zero attached hydrogens (tertiary/aromatic N) is 1. The lowest BCUT2D eigenvalue weighted by atomic mass is 10.1. The third kappa shape index (κ3) is 4.45. The molecule has 0 saturated carbocycles. The van der Waals surface area contributed by atoms with Crippen LogP contribution in [-0.4, -0.2) is 10.9 Å². The number of hydrogen-bond acceptors (Lipinski definition) is 5. The van der Waals surface area contributed by atoms with Crippen LogP contribution in [0.2, 0.25) is 0 Å². The van der Waals surface area contributed by atoms with Gasteiger partial charge in [0.1, 0.15) is 5.76 Å². The van der Waals surface area contributed by atoms with Crippen LogP contribution in [0.15, 0.2) is 52.5 Å². The second-order valence-electron chi connectivity index (χ2n) is 5.35. The van der Waals surface area contributed by atoms with E-state index in [0.717, 1.165) is 28.7 Å². The Balaban J connectivity index is 1.51. The fourth-order valence-corrected chi connectivity index (χ4v) is 2.95. The van der Waals surface area contributed by atoms with Gasteiger partial charge in [-0.2, -0.15) is 0 Å². The van der Waals surface area contributed by atoms with Gasteiger partial charge in [0.05, 0.1) is 24.9 Å². The van der Waals surface area contributed by atoms with E-state index in [0.29, 0.717) is 6.54 Å². The predicted molar refractivity (Wildman–Crippen MR) is 95.5 cm³/mol. The summed E-state index contributed by atoms with van der Waals surface area (Å²) >= 11 is 1.49. The average Bonchev–Trinajstić information content (AvgIpc) is 3.26. The van der Waals surface area contributed by atoms with E-state index in [-0.39, 0.29) is 12.3 Å². The second kappa shape index (κ2) is 7.79. The fraction of sp³-hybridized carbons (Fsp3) is 0.222. The van der Waals surface area contributed by atoms with Crippen molar-refractivity contribution >= 4 is 28.1 Å². The lowest BCUT2D eigenvalue weighted by Gasteiger charge is -2.03. The number of carbonyl (C=O) groups is 1. The molecular formula is C18H19N3O2S. The quantitative estimate of drug-likeness (QED) is 0.684. The smallest absolute Gasteiger partial charge is 0.226 e. The van der Waals surface area contributed by atoms with Crippen molar-refractivity contribution in [2.45, 2.75) is 26.3 Å². The van der Waals surface area contributed by atoms with E-state index in [4.69, 9.17) is 4.42 Å². The Labute approximate surface area is 144 Å². The van der Waals surface area contributed by atoms with Crippen LogP contribution in [0, 0.1) is 0 Å². The van der Waals surface area contributed by atoms with Crippen molar-refractivity contribution in [3.8, 4) is 0 Å². The van der Waals surface area contributed by atoms with Gasteiger partial charge in [0, 0.05) is 11.1 Å². The maximum Gasteiger partial charge on any atom is 0.226 e. The summed E-state index contributed by atoms with van der Waals surface area (Å²) in [5, 5.41) is 8.76. The van der Waals surface area contributed by atoms with E-state index < -0.39 is 0 Å². The molecule has 2 N–H and O–H groups in total. The number of rotatable bonds is 7. The molecule has 1 amide bonds. The summed E-state index contributed by atoms with van der Waals surface area (Å²) in [6, 6.07) is 11.9. The molecule has 3 rings (SSSR count). The standard InChI is InChI=1S/C18H19N3O2S/c1-2-13-5-7-14(8-6-13)20-18-21-15(12-24-18)10-17(22)19-11-16-4-3-9-23-16/h3-9,12H,2,10-11H2,1H3,(H,19,22)(H,20,21). The van der Waals surface area contributed by atoms with Crippen LogP contribution in [0.4, 0.5) is 10.8 Å². The summed E-state index contributed by atoms with van der Waals surface area (Å²) in [6.45, 7) is 2.53. The SMILES string of the molecule is CCc1ccc(Nc2nc(CC(=O)NCc3ccco3)cs2)cc1. The first-order valence-electron chi connectivity index (χ1n) is 7.82. The molecule has 24 heavy (non-hydrogen) atoms. The summed E-state index contributed by atoms with van der Waals surface area (Å²) in [5.41, 5.74) is 3.05. The highest BCUT2D eigenvalue weighted by Crippen LogP contribution is 2.21. The van der Waals surface area contributed by atoms with Gasteiger partial charge in [0.25, 0.3) is 0 Å². The molecule has 0 bridgehead atoms. The lowest BCUT2D eigenvalue weighted by Crippen LogP contribution is -2.24. The van der Waals surface area contributed by atoms with Gasteiger partial charge < -0.3 is 15.1 Å². The van der Waals surface area contributed by atoms with Gasteiger partial charge in [-0.05, 0) is 36.2 Å². The molecular weight excluding hydrogens is 322 g/mol. The molecule has 1 aromatic carbocycles. The van der Waals surface area contributed by atoms with Crippen molar-refractivity contribution in [1.82, 2.24) is 10.3 Å². The molecule has 0 aliphatic rings. The Morgan fingerprint density at radius 2 is 2.08 bits per heavy atom. The van der Waals surface area contributed by atoms with Gasteiger partial charge in [-0.25, -0.2) is 4.98 Å². The number of aryl methyl sites for hydroxylation is 1. The monoisotopic (exact) mass is 341 g/mol. The van der Waals surface area contributed by atoms with Gasteiger partial charge in [0.15, 0.2) is 5.13 Å². The van der Waals surface area contributed by atoms with Crippen LogP contribution < -0.4 is 10.6 Å². The van der Waals surface area contributed by atoms with Gasteiger partial charge in [-0.15, -0.1) is 11.3 Å². The molecule has 0 saturated heterocycles. The number of aromatic nitrogens is 1. The summed E-state index contributed by atoms with van der Waals surface area (Å²) in [6.07, 6.45) is 2.87. The van der Waals surface area contributed by atoms with Crippen molar-refractivity contribution in [1.29, 1.82) is 0 Å². The van der Waals surface area contributed by atoms with Gasteiger partial charge in [-0.1, -0.05) is 19.1 Å². The molecule has 124 valence electrons. The summed E-state index contributed by atoms with van der Waals surface area (Å²) in [4.78, 5) is 16.4. The molecule has 3 aromatic rings. The van der Waals surface area contributed by atoms with Crippen molar-refractivity contribution in [2.75, 3.05) is 5.32 Å². The molecule has 0 aliphatic carbocycles. The van der Waals surface area contributed by atoms with Crippen molar-refractivity contribution in [3.63, 3.8) is 0 Å². The normalized spacial score (nSPS) is 10.5. The Morgan fingerprint density at radius 3 is 2.79 bits per heavy atom. The summed E-state index contributed by atoms with van der Waals surface area (Å²) in [7, 11) is 0. The first-order valence-corrected chi connectivity index (χ1v) is 8.70. The maximum absolute atomic E-state index is 11.9. The number of furan rings is 1. The topological polar surface area (TPSA) is 67.2 Å². The highest BCUT2D eigenvalue weighted by molar-refractivity contribution is 7.13. The van der Waals surface area contributed by atoms with Gasteiger partial charge in [-0.3, -0.25) is 4.79 Å². The molecule has 0 radical (unpaired) electrons. The van der Waals surface area contributed by atoms with E-state index in [9.17, 15) is 4.79 Å². The Morgan fingerprint density at radius 1 is 1.25 bits per heavy atom. The van der Waals surface area contributed by atoms with Crippen LogP contribution >= 0.6 is 11.3 Å². The molecule has 0 atom stereocenters. The fourth-order valence-electron chi connectivity index (χ4n) is 2.22. The van der Waals surface area contributed by atoms with Crippen LogP contribution in [-0.2, 0) is 24.2 Å². The largest absolute Gasteiger partial charge is 0.467 e. The van der Waals surface area contributed by atoms with Crippen LogP contribution in [0.3, 0.4) is 0 Å². The zero-order valence-electron chi connectivity index (χ0n) is 13.4.